The van der Waals surface area contributed by atoms with E-state index >= 15 is 0 Å². The number of rotatable bonds is 4. The highest BCUT2D eigenvalue weighted by Gasteiger charge is 2.16. The van der Waals surface area contributed by atoms with Gasteiger partial charge in [0.05, 0.1) is 16.2 Å². The summed E-state index contributed by atoms with van der Waals surface area (Å²) in [5, 5.41) is 3.84. The Balaban J connectivity index is 1.75. The van der Waals surface area contributed by atoms with Crippen LogP contribution in [-0.2, 0) is 4.79 Å². The summed E-state index contributed by atoms with van der Waals surface area (Å²) in [6.45, 7) is 1.75. The molecule has 0 unspecified atom stereocenters. The molecule has 0 fully saturated rings. The topological polar surface area (TPSA) is 74.8 Å². The molecule has 3 rings (SSSR count). The molecule has 0 bridgehead atoms. The highest BCUT2D eigenvalue weighted by atomic mass is 35.5. The fraction of sp³-hybridized carbons (Fsp3) is 0.118. The standard InChI is InChI=1S/C17H14ClN3O2S/c1-10(15(22)19-12-6-4-5-11(18)9-12)24-17-20-14-8-3-2-7-13(14)16(23)21-17/h2-10H,1H3,(H,19,22)(H,20,21,23)/t10-/m0/s1. The largest absolute Gasteiger partial charge is 0.325 e. The fourth-order valence-electron chi connectivity index (χ4n) is 2.15. The van der Waals surface area contributed by atoms with Crippen LogP contribution in [0.4, 0.5) is 5.69 Å². The number of amides is 1. The summed E-state index contributed by atoms with van der Waals surface area (Å²) < 4.78 is 0. The molecule has 24 heavy (non-hydrogen) atoms. The van der Waals surface area contributed by atoms with Gasteiger partial charge in [-0.1, -0.05) is 41.6 Å². The molecule has 2 aromatic carbocycles. The second-order valence-electron chi connectivity index (χ2n) is 5.15. The maximum atomic E-state index is 12.3. The molecule has 7 heteroatoms. The molecule has 2 N–H and O–H groups in total. The first-order valence-electron chi connectivity index (χ1n) is 7.25. The zero-order valence-corrected chi connectivity index (χ0v) is 14.3. The molecule has 5 nitrogen and oxygen atoms in total. The molecule has 0 saturated carbocycles. The lowest BCUT2D eigenvalue weighted by atomic mass is 10.2. The number of hydrogen-bond donors (Lipinski definition) is 2. The van der Waals surface area contributed by atoms with E-state index < -0.39 is 5.25 Å². The van der Waals surface area contributed by atoms with Crippen LogP contribution in [0.2, 0.25) is 5.02 Å². The number of anilines is 1. The molecule has 122 valence electrons. The molecule has 0 aliphatic carbocycles. The van der Waals surface area contributed by atoms with E-state index in [-0.39, 0.29) is 11.5 Å². The summed E-state index contributed by atoms with van der Waals surface area (Å²) in [7, 11) is 0. The highest BCUT2D eigenvalue weighted by molar-refractivity contribution is 8.00. The fourth-order valence-corrected chi connectivity index (χ4v) is 3.15. The Kier molecular flexibility index (Phi) is 4.87. The van der Waals surface area contributed by atoms with E-state index in [9.17, 15) is 9.59 Å². The Labute approximate surface area is 147 Å². The minimum absolute atomic E-state index is 0.196. The van der Waals surface area contributed by atoms with Crippen LogP contribution in [0.5, 0.6) is 0 Å². The summed E-state index contributed by atoms with van der Waals surface area (Å²) in [4.78, 5) is 31.4. The number of halogens is 1. The van der Waals surface area contributed by atoms with Crippen LogP contribution in [0.3, 0.4) is 0 Å². The van der Waals surface area contributed by atoms with E-state index in [1.54, 1.807) is 49.4 Å². The Morgan fingerprint density at radius 1 is 1.25 bits per heavy atom. The van der Waals surface area contributed by atoms with Crippen molar-refractivity contribution in [2.75, 3.05) is 5.32 Å². The molecule has 0 aliphatic heterocycles. The second kappa shape index (κ2) is 7.07. The number of aromatic nitrogens is 2. The molecular weight excluding hydrogens is 346 g/mol. The van der Waals surface area contributed by atoms with Gasteiger partial charge in [0.25, 0.3) is 5.56 Å². The van der Waals surface area contributed by atoms with Gasteiger partial charge in [0.15, 0.2) is 5.16 Å². The van der Waals surface area contributed by atoms with Crippen molar-refractivity contribution in [3.05, 3.63) is 63.9 Å². The molecule has 1 amide bonds. The average Bonchev–Trinajstić information content (AvgIpc) is 2.55. The number of carbonyl (C=O) groups is 1. The van der Waals surface area contributed by atoms with E-state index in [1.807, 2.05) is 6.07 Å². The van der Waals surface area contributed by atoms with E-state index in [4.69, 9.17) is 11.6 Å². The monoisotopic (exact) mass is 359 g/mol. The van der Waals surface area contributed by atoms with Gasteiger partial charge < -0.3 is 10.3 Å². The Morgan fingerprint density at radius 3 is 2.83 bits per heavy atom. The third kappa shape index (κ3) is 3.77. The third-order valence-corrected chi connectivity index (χ3v) is 4.56. The molecule has 0 radical (unpaired) electrons. The predicted octanol–water partition coefficient (Wildman–Crippen LogP) is 3.70. The highest BCUT2D eigenvalue weighted by Crippen LogP contribution is 2.22. The number of nitrogens with one attached hydrogen (secondary N) is 2. The van der Waals surface area contributed by atoms with Gasteiger partial charge >= 0.3 is 0 Å². The van der Waals surface area contributed by atoms with Crippen LogP contribution in [0.15, 0.2) is 58.5 Å². The Bertz CT molecular complexity index is 958. The van der Waals surface area contributed by atoms with Gasteiger partial charge in [-0.25, -0.2) is 4.98 Å². The number of carbonyl (C=O) groups excluding carboxylic acids is 1. The lowest BCUT2D eigenvalue weighted by molar-refractivity contribution is -0.115. The molecule has 1 aromatic heterocycles. The number of benzene rings is 2. The lowest BCUT2D eigenvalue weighted by Crippen LogP contribution is -2.23. The van der Waals surface area contributed by atoms with Crippen LogP contribution in [0.25, 0.3) is 10.9 Å². The minimum atomic E-state index is -0.437. The lowest BCUT2D eigenvalue weighted by Gasteiger charge is -2.11. The van der Waals surface area contributed by atoms with Crippen molar-refractivity contribution in [2.24, 2.45) is 0 Å². The Morgan fingerprint density at radius 2 is 2.04 bits per heavy atom. The van der Waals surface area contributed by atoms with Gasteiger partial charge in [-0.05, 0) is 37.3 Å². The van der Waals surface area contributed by atoms with Crippen molar-refractivity contribution in [2.45, 2.75) is 17.3 Å². The number of aromatic amines is 1. The van der Waals surface area contributed by atoms with Crippen molar-refractivity contribution in [3.63, 3.8) is 0 Å². The van der Waals surface area contributed by atoms with E-state index in [0.29, 0.717) is 26.8 Å². The molecule has 0 spiro atoms. The van der Waals surface area contributed by atoms with Crippen molar-refractivity contribution in [3.8, 4) is 0 Å². The number of thioether (sulfide) groups is 1. The van der Waals surface area contributed by atoms with Gasteiger partial charge in [-0.3, -0.25) is 9.59 Å². The van der Waals surface area contributed by atoms with Crippen molar-refractivity contribution >= 4 is 45.9 Å². The number of fused-ring (bicyclic) bond motifs is 1. The first kappa shape index (κ1) is 16.5. The first-order valence-corrected chi connectivity index (χ1v) is 8.51. The maximum Gasteiger partial charge on any atom is 0.259 e. The molecule has 0 aliphatic rings. The number of hydrogen-bond acceptors (Lipinski definition) is 4. The summed E-state index contributed by atoms with van der Waals surface area (Å²) in [6.07, 6.45) is 0. The van der Waals surface area contributed by atoms with Crippen molar-refractivity contribution < 1.29 is 4.79 Å². The molecule has 1 atom stereocenters. The van der Waals surface area contributed by atoms with Crippen molar-refractivity contribution in [1.29, 1.82) is 0 Å². The maximum absolute atomic E-state index is 12.3. The van der Waals surface area contributed by atoms with E-state index in [0.717, 1.165) is 0 Å². The average molecular weight is 360 g/mol. The van der Waals surface area contributed by atoms with Crippen LogP contribution >= 0.6 is 23.4 Å². The number of para-hydroxylation sites is 1. The molecule has 3 aromatic rings. The van der Waals surface area contributed by atoms with Gasteiger partial charge in [0, 0.05) is 10.7 Å². The summed E-state index contributed by atoms with van der Waals surface area (Å²) in [5.41, 5.74) is 1.01. The first-order chi connectivity index (χ1) is 11.5. The normalized spacial score (nSPS) is 12.1. The molecule has 1 heterocycles. The van der Waals surface area contributed by atoms with Crippen LogP contribution < -0.4 is 10.9 Å². The summed E-state index contributed by atoms with van der Waals surface area (Å²) in [6, 6.07) is 14.0. The summed E-state index contributed by atoms with van der Waals surface area (Å²) >= 11 is 7.10. The van der Waals surface area contributed by atoms with Gasteiger partial charge in [-0.15, -0.1) is 0 Å². The third-order valence-electron chi connectivity index (χ3n) is 3.34. The van der Waals surface area contributed by atoms with E-state index in [1.165, 1.54) is 11.8 Å². The van der Waals surface area contributed by atoms with Crippen LogP contribution in [-0.4, -0.2) is 21.1 Å². The quantitative estimate of drug-likeness (QED) is 0.550. The molecule has 0 saturated heterocycles. The van der Waals surface area contributed by atoms with Crippen LogP contribution in [0, 0.1) is 0 Å². The SMILES string of the molecule is C[C@H](Sc1nc2ccccc2c(=O)[nH]1)C(=O)Nc1cccc(Cl)c1. The van der Waals surface area contributed by atoms with Crippen LogP contribution in [0.1, 0.15) is 6.92 Å². The zero-order valence-electron chi connectivity index (χ0n) is 12.7. The molecular formula is C17H14ClN3O2S. The Hall–Kier alpha value is -2.31. The number of nitrogens with zero attached hydrogens (tertiary/aromatic N) is 1. The van der Waals surface area contributed by atoms with Gasteiger partial charge in [-0.2, -0.15) is 0 Å². The zero-order chi connectivity index (χ0) is 17.1. The number of H-pyrrole nitrogens is 1. The van der Waals surface area contributed by atoms with E-state index in [2.05, 4.69) is 15.3 Å². The summed E-state index contributed by atoms with van der Waals surface area (Å²) in [5.74, 6) is -0.196. The predicted molar refractivity (Wildman–Crippen MR) is 97.8 cm³/mol. The van der Waals surface area contributed by atoms with Gasteiger partial charge in [0.1, 0.15) is 0 Å². The second-order valence-corrected chi connectivity index (χ2v) is 6.91. The van der Waals surface area contributed by atoms with Gasteiger partial charge in [0.2, 0.25) is 5.91 Å². The minimum Gasteiger partial charge on any atom is -0.325 e. The van der Waals surface area contributed by atoms with Crippen molar-refractivity contribution in [1.82, 2.24) is 9.97 Å². The smallest absolute Gasteiger partial charge is 0.259 e.